The second kappa shape index (κ2) is 6.85. The van der Waals surface area contributed by atoms with Gasteiger partial charge in [-0.3, -0.25) is 0 Å². The molecule has 1 aromatic heterocycles. The summed E-state index contributed by atoms with van der Waals surface area (Å²) in [5.74, 6) is 1.01. The summed E-state index contributed by atoms with van der Waals surface area (Å²) in [6.45, 7) is 4.34. The SMILES string of the molecule is CCNCc1ccnc(N(C)CC2CCCC2)c1F. The van der Waals surface area contributed by atoms with E-state index in [4.69, 9.17) is 0 Å². The predicted octanol–water partition coefficient (Wildman–Crippen LogP) is 2.96. The highest BCUT2D eigenvalue weighted by molar-refractivity contribution is 5.42. The van der Waals surface area contributed by atoms with Crippen LogP contribution in [0.3, 0.4) is 0 Å². The molecule has 0 saturated heterocycles. The van der Waals surface area contributed by atoms with Crippen LogP contribution in [-0.4, -0.2) is 25.1 Å². The molecule has 106 valence electrons. The molecule has 1 aromatic rings. The largest absolute Gasteiger partial charge is 0.357 e. The number of rotatable bonds is 6. The molecule has 1 aliphatic rings. The summed E-state index contributed by atoms with van der Waals surface area (Å²) in [4.78, 5) is 6.19. The zero-order valence-electron chi connectivity index (χ0n) is 12.0. The highest BCUT2D eigenvalue weighted by atomic mass is 19.1. The Labute approximate surface area is 115 Å². The van der Waals surface area contributed by atoms with E-state index in [0.717, 1.165) is 13.1 Å². The molecule has 1 fully saturated rings. The van der Waals surface area contributed by atoms with Crippen LogP contribution in [0.5, 0.6) is 0 Å². The maximum Gasteiger partial charge on any atom is 0.170 e. The summed E-state index contributed by atoms with van der Waals surface area (Å²) >= 11 is 0. The molecule has 0 unspecified atom stereocenters. The van der Waals surface area contributed by atoms with E-state index >= 15 is 0 Å². The number of hydrogen-bond acceptors (Lipinski definition) is 3. The minimum Gasteiger partial charge on any atom is -0.357 e. The third-order valence-electron chi connectivity index (χ3n) is 3.88. The van der Waals surface area contributed by atoms with Crippen LogP contribution >= 0.6 is 0 Å². The van der Waals surface area contributed by atoms with Crippen LogP contribution in [0.25, 0.3) is 0 Å². The molecule has 3 nitrogen and oxygen atoms in total. The smallest absolute Gasteiger partial charge is 0.170 e. The molecule has 0 radical (unpaired) electrons. The first-order chi connectivity index (χ1) is 9.22. The Balaban J connectivity index is 2.05. The van der Waals surface area contributed by atoms with Crippen molar-refractivity contribution >= 4 is 5.82 Å². The zero-order valence-corrected chi connectivity index (χ0v) is 12.0. The second-order valence-corrected chi connectivity index (χ2v) is 5.42. The number of anilines is 1. The van der Waals surface area contributed by atoms with Gasteiger partial charge < -0.3 is 10.2 Å². The number of nitrogens with zero attached hydrogens (tertiary/aromatic N) is 2. The Bertz CT molecular complexity index is 402. The Morgan fingerprint density at radius 1 is 1.42 bits per heavy atom. The van der Waals surface area contributed by atoms with Crippen molar-refractivity contribution in [3.05, 3.63) is 23.6 Å². The van der Waals surface area contributed by atoms with Gasteiger partial charge in [0.2, 0.25) is 0 Å². The van der Waals surface area contributed by atoms with Crippen molar-refractivity contribution < 1.29 is 4.39 Å². The van der Waals surface area contributed by atoms with E-state index < -0.39 is 0 Å². The molecule has 0 atom stereocenters. The minimum absolute atomic E-state index is 0.177. The summed E-state index contributed by atoms with van der Waals surface area (Å²) in [6.07, 6.45) is 6.87. The van der Waals surface area contributed by atoms with Crippen molar-refractivity contribution in [2.75, 3.05) is 25.0 Å². The highest BCUT2D eigenvalue weighted by Crippen LogP contribution is 2.27. The average Bonchev–Trinajstić information content (AvgIpc) is 2.90. The fourth-order valence-electron chi connectivity index (χ4n) is 2.80. The van der Waals surface area contributed by atoms with Crippen LogP contribution in [0.1, 0.15) is 38.2 Å². The molecular formula is C15H24FN3. The van der Waals surface area contributed by atoms with Crippen molar-refractivity contribution in [3.63, 3.8) is 0 Å². The fraction of sp³-hybridized carbons (Fsp3) is 0.667. The predicted molar refractivity (Wildman–Crippen MR) is 76.8 cm³/mol. The Hall–Kier alpha value is -1.16. The summed E-state index contributed by atoms with van der Waals surface area (Å²) < 4.78 is 14.4. The van der Waals surface area contributed by atoms with Crippen LogP contribution < -0.4 is 10.2 Å². The van der Waals surface area contributed by atoms with Gasteiger partial charge in [-0.1, -0.05) is 19.8 Å². The van der Waals surface area contributed by atoms with Gasteiger partial charge in [-0.25, -0.2) is 9.37 Å². The standard InChI is InChI=1S/C15H24FN3/c1-3-17-10-13-8-9-18-15(14(13)16)19(2)11-12-6-4-5-7-12/h8-9,12,17H,3-7,10-11H2,1-2H3. The van der Waals surface area contributed by atoms with Gasteiger partial charge in [-0.2, -0.15) is 0 Å². The van der Waals surface area contributed by atoms with Gasteiger partial charge >= 0.3 is 0 Å². The quantitative estimate of drug-likeness (QED) is 0.857. The van der Waals surface area contributed by atoms with Gasteiger partial charge in [0.05, 0.1) is 0 Å². The Morgan fingerprint density at radius 2 is 2.16 bits per heavy atom. The molecule has 19 heavy (non-hydrogen) atoms. The van der Waals surface area contributed by atoms with Gasteiger partial charge in [0.1, 0.15) is 0 Å². The first-order valence-corrected chi connectivity index (χ1v) is 7.27. The Morgan fingerprint density at radius 3 is 2.84 bits per heavy atom. The van der Waals surface area contributed by atoms with Crippen LogP contribution in [0, 0.1) is 11.7 Å². The van der Waals surface area contributed by atoms with Gasteiger partial charge in [-0.05, 0) is 31.4 Å². The third kappa shape index (κ3) is 3.66. The summed E-state index contributed by atoms with van der Waals surface area (Å²) in [7, 11) is 1.95. The van der Waals surface area contributed by atoms with Crippen molar-refractivity contribution in [2.45, 2.75) is 39.2 Å². The molecule has 0 bridgehead atoms. The van der Waals surface area contributed by atoms with E-state index in [1.54, 1.807) is 12.3 Å². The lowest BCUT2D eigenvalue weighted by Crippen LogP contribution is -2.26. The van der Waals surface area contributed by atoms with Crippen LogP contribution in [-0.2, 0) is 6.54 Å². The molecule has 1 saturated carbocycles. The number of nitrogens with one attached hydrogen (secondary N) is 1. The molecule has 0 aromatic carbocycles. The van der Waals surface area contributed by atoms with Crippen molar-refractivity contribution in [1.29, 1.82) is 0 Å². The van der Waals surface area contributed by atoms with E-state index in [0.29, 0.717) is 23.8 Å². The molecule has 2 rings (SSSR count). The Kier molecular flexibility index (Phi) is 5.14. The molecule has 0 spiro atoms. The molecule has 1 N–H and O–H groups in total. The number of pyridine rings is 1. The second-order valence-electron chi connectivity index (χ2n) is 5.42. The van der Waals surface area contributed by atoms with Crippen LogP contribution in [0.4, 0.5) is 10.2 Å². The number of aromatic nitrogens is 1. The third-order valence-corrected chi connectivity index (χ3v) is 3.88. The van der Waals surface area contributed by atoms with E-state index in [1.165, 1.54) is 25.7 Å². The topological polar surface area (TPSA) is 28.2 Å². The van der Waals surface area contributed by atoms with E-state index in [1.807, 2.05) is 18.9 Å². The van der Waals surface area contributed by atoms with Gasteiger partial charge in [0.25, 0.3) is 0 Å². The summed E-state index contributed by atoms with van der Waals surface area (Å²) in [5.41, 5.74) is 0.699. The first-order valence-electron chi connectivity index (χ1n) is 7.27. The van der Waals surface area contributed by atoms with Crippen LogP contribution in [0.15, 0.2) is 12.3 Å². The first kappa shape index (κ1) is 14.3. The van der Waals surface area contributed by atoms with Gasteiger partial charge in [0.15, 0.2) is 11.6 Å². The molecule has 0 aliphatic heterocycles. The van der Waals surface area contributed by atoms with E-state index in [-0.39, 0.29) is 5.82 Å². The maximum absolute atomic E-state index is 14.4. The molecule has 4 heteroatoms. The normalized spacial score (nSPS) is 15.9. The number of hydrogen-bond donors (Lipinski definition) is 1. The van der Waals surface area contributed by atoms with E-state index in [2.05, 4.69) is 10.3 Å². The van der Waals surface area contributed by atoms with Crippen molar-refractivity contribution in [2.24, 2.45) is 5.92 Å². The van der Waals surface area contributed by atoms with Crippen molar-refractivity contribution in [1.82, 2.24) is 10.3 Å². The summed E-state index contributed by atoms with van der Waals surface area (Å²) in [6, 6.07) is 1.75. The highest BCUT2D eigenvalue weighted by Gasteiger charge is 2.20. The lowest BCUT2D eigenvalue weighted by atomic mass is 10.1. The lowest BCUT2D eigenvalue weighted by molar-refractivity contribution is 0.531. The zero-order chi connectivity index (χ0) is 13.7. The lowest BCUT2D eigenvalue weighted by Gasteiger charge is -2.23. The minimum atomic E-state index is -0.177. The molecular weight excluding hydrogens is 241 g/mol. The summed E-state index contributed by atoms with van der Waals surface area (Å²) in [5, 5.41) is 3.16. The molecule has 1 aliphatic carbocycles. The average molecular weight is 265 g/mol. The van der Waals surface area contributed by atoms with Crippen molar-refractivity contribution in [3.8, 4) is 0 Å². The van der Waals surface area contributed by atoms with Crippen LogP contribution in [0.2, 0.25) is 0 Å². The van der Waals surface area contributed by atoms with Gasteiger partial charge in [0, 0.05) is 31.9 Å². The van der Waals surface area contributed by atoms with E-state index in [9.17, 15) is 4.39 Å². The monoisotopic (exact) mass is 265 g/mol. The number of halogens is 1. The van der Waals surface area contributed by atoms with Gasteiger partial charge in [-0.15, -0.1) is 0 Å². The fourth-order valence-corrected chi connectivity index (χ4v) is 2.80. The maximum atomic E-state index is 14.4. The molecule has 1 heterocycles. The molecule has 0 amide bonds.